The van der Waals surface area contributed by atoms with Crippen molar-refractivity contribution in [2.45, 2.75) is 44.4 Å². The van der Waals surface area contributed by atoms with Gasteiger partial charge in [-0.25, -0.2) is 4.98 Å². The molecule has 0 saturated carbocycles. The average Bonchev–Trinajstić information content (AvgIpc) is 2.95. The van der Waals surface area contributed by atoms with Crippen molar-refractivity contribution in [2.75, 3.05) is 19.8 Å². The first-order chi connectivity index (χ1) is 9.70. The lowest BCUT2D eigenvalue weighted by molar-refractivity contribution is -0.148. The molecule has 1 aromatic rings. The first-order valence-corrected chi connectivity index (χ1v) is 7.24. The van der Waals surface area contributed by atoms with E-state index in [-0.39, 0.29) is 30.6 Å². The van der Waals surface area contributed by atoms with Crippen LogP contribution in [0.1, 0.15) is 31.5 Å². The zero-order valence-electron chi connectivity index (χ0n) is 11.7. The molecule has 3 unspecified atom stereocenters. The number of carbonyl (C=O) groups is 1. The maximum Gasteiger partial charge on any atom is 0.233 e. The zero-order valence-corrected chi connectivity index (χ0v) is 11.7. The SMILES string of the molecule is CC1COC(CO)CN1C(=O)C1CCCn2ccnc21. The number of aliphatic hydroxyl groups is 1. The molecule has 1 aromatic heterocycles. The van der Waals surface area contributed by atoms with Gasteiger partial charge in [0.1, 0.15) is 5.82 Å². The van der Waals surface area contributed by atoms with Gasteiger partial charge >= 0.3 is 0 Å². The molecular formula is C14H21N3O3. The number of aromatic nitrogens is 2. The number of morpholine rings is 1. The lowest BCUT2D eigenvalue weighted by Gasteiger charge is -2.39. The van der Waals surface area contributed by atoms with Crippen molar-refractivity contribution in [2.24, 2.45) is 0 Å². The molecule has 1 N–H and O–H groups in total. The van der Waals surface area contributed by atoms with E-state index in [0.717, 1.165) is 25.2 Å². The minimum Gasteiger partial charge on any atom is -0.394 e. The highest BCUT2D eigenvalue weighted by atomic mass is 16.5. The van der Waals surface area contributed by atoms with Crippen LogP contribution in [-0.2, 0) is 16.1 Å². The van der Waals surface area contributed by atoms with Gasteiger partial charge in [0.2, 0.25) is 5.91 Å². The molecule has 6 heteroatoms. The van der Waals surface area contributed by atoms with Gasteiger partial charge in [0.25, 0.3) is 0 Å². The summed E-state index contributed by atoms with van der Waals surface area (Å²) in [5.41, 5.74) is 0. The molecule has 2 aliphatic rings. The van der Waals surface area contributed by atoms with Gasteiger partial charge in [-0.1, -0.05) is 0 Å². The van der Waals surface area contributed by atoms with Gasteiger partial charge in [-0.05, 0) is 19.8 Å². The summed E-state index contributed by atoms with van der Waals surface area (Å²) in [4.78, 5) is 19.0. The molecule has 1 saturated heterocycles. The molecule has 110 valence electrons. The van der Waals surface area contributed by atoms with E-state index in [1.165, 1.54) is 0 Å². The van der Waals surface area contributed by atoms with Crippen LogP contribution in [0, 0.1) is 0 Å². The number of amides is 1. The molecule has 20 heavy (non-hydrogen) atoms. The Morgan fingerprint density at radius 1 is 1.60 bits per heavy atom. The van der Waals surface area contributed by atoms with Gasteiger partial charge in [0.15, 0.2) is 0 Å². The van der Waals surface area contributed by atoms with Crippen LogP contribution in [-0.4, -0.2) is 57.4 Å². The summed E-state index contributed by atoms with van der Waals surface area (Å²) in [6, 6.07) is 0.0515. The van der Waals surface area contributed by atoms with Crippen LogP contribution in [0.4, 0.5) is 0 Å². The smallest absolute Gasteiger partial charge is 0.233 e. The Labute approximate surface area is 118 Å². The Bertz CT molecular complexity index is 488. The van der Waals surface area contributed by atoms with Crippen LogP contribution in [0.3, 0.4) is 0 Å². The number of rotatable bonds is 2. The van der Waals surface area contributed by atoms with Gasteiger partial charge in [-0.2, -0.15) is 0 Å². The average molecular weight is 279 g/mol. The van der Waals surface area contributed by atoms with Gasteiger partial charge in [-0.3, -0.25) is 4.79 Å². The Morgan fingerprint density at radius 2 is 2.45 bits per heavy atom. The molecule has 6 nitrogen and oxygen atoms in total. The number of aliphatic hydroxyl groups excluding tert-OH is 1. The van der Waals surface area contributed by atoms with Gasteiger partial charge in [0, 0.05) is 25.5 Å². The number of imidazole rings is 1. The maximum atomic E-state index is 12.8. The Kier molecular flexibility index (Phi) is 3.76. The highest BCUT2D eigenvalue weighted by molar-refractivity contribution is 5.83. The van der Waals surface area contributed by atoms with Crippen molar-refractivity contribution in [1.29, 1.82) is 0 Å². The lowest BCUT2D eigenvalue weighted by atomic mass is 9.96. The van der Waals surface area contributed by atoms with Crippen LogP contribution in [0.15, 0.2) is 12.4 Å². The van der Waals surface area contributed by atoms with Crippen molar-refractivity contribution in [3.8, 4) is 0 Å². The summed E-state index contributed by atoms with van der Waals surface area (Å²) in [7, 11) is 0. The first-order valence-electron chi connectivity index (χ1n) is 7.24. The fourth-order valence-electron chi connectivity index (χ4n) is 3.08. The molecule has 1 fully saturated rings. The predicted molar refractivity (Wildman–Crippen MR) is 72.2 cm³/mol. The van der Waals surface area contributed by atoms with E-state index in [1.54, 1.807) is 6.20 Å². The summed E-state index contributed by atoms with van der Waals surface area (Å²) in [6.07, 6.45) is 5.29. The maximum absolute atomic E-state index is 12.8. The van der Waals surface area contributed by atoms with Crippen molar-refractivity contribution in [3.63, 3.8) is 0 Å². The van der Waals surface area contributed by atoms with Crippen molar-refractivity contribution in [3.05, 3.63) is 18.2 Å². The largest absolute Gasteiger partial charge is 0.394 e. The zero-order chi connectivity index (χ0) is 14.1. The number of aryl methyl sites for hydroxylation is 1. The minimum absolute atomic E-state index is 0.0458. The van der Waals surface area contributed by atoms with Crippen molar-refractivity contribution < 1.29 is 14.6 Å². The quantitative estimate of drug-likeness (QED) is 0.849. The van der Waals surface area contributed by atoms with Crippen molar-refractivity contribution >= 4 is 5.91 Å². The molecule has 0 aromatic carbocycles. The van der Waals surface area contributed by atoms with Gasteiger partial charge in [-0.15, -0.1) is 0 Å². The molecule has 1 amide bonds. The number of carbonyl (C=O) groups excluding carboxylic acids is 1. The molecule has 3 atom stereocenters. The molecular weight excluding hydrogens is 258 g/mol. The molecule has 3 rings (SSSR count). The normalized spacial score (nSPS) is 30.1. The van der Waals surface area contributed by atoms with Crippen LogP contribution >= 0.6 is 0 Å². The Hall–Kier alpha value is -1.40. The highest BCUT2D eigenvalue weighted by Gasteiger charge is 2.36. The van der Waals surface area contributed by atoms with Crippen LogP contribution in [0.2, 0.25) is 0 Å². The second-order valence-corrected chi connectivity index (χ2v) is 5.65. The third-order valence-corrected chi connectivity index (χ3v) is 4.24. The van der Waals surface area contributed by atoms with Gasteiger partial charge < -0.3 is 19.3 Å². The molecule has 2 aliphatic heterocycles. The lowest BCUT2D eigenvalue weighted by Crippen LogP contribution is -2.53. The summed E-state index contributed by atoms with van der Waals surface area (Å²) >= 11 is 0. The summed E-state index contributed by atoms with van der Waals surface area (Å²) in [6.45, 7) is 3.83. The molecule has 0 aliphatic carbocycles. The van der Waals surface area contributed by atoms with E-state index in [4.69, 9.17) is 4.74 Å². The number of hydrogen-bond acceptors (Lipinski definition) is 4. The molecule has 0 radical (unpaired) electrons. The Morgan fingerprint density at radius 3 is 3.25 bits per heavy atom. The number of hydrogen-bond donors (Lipinski definition) is 1. The van der Waals surface area contributed by atoms with Crippen LogP contribution in [0.5, 0.6) is 0 Å². The van der Waals surface area contributed by atoms with E-state index in [0.29, 0.717) is 13.2 Å². The summed E-state index contributed by atoms with van der Waals surface area (Å²) < 4.78 is 7.57. The predicted octanol–water partition coefficient (Wildman–Crippen LogP) is 0.369. The second-order valence-electron chi connectivity index (χ2n) is 5.65. The topological polar surface area (TPSA) is 67.6 Å². The Balaban J connectivity index is 1.79. The fraction of sp³-hybridized carbons (Fsp3) is 0.714. The van der Waals surface area contributed by atoms with E-state index >= 15 is 0 Å². The molecule has 3 heterocycles. The highest BCUT2D eigenvalue weighted by Crippen LogP contribution is 2.29. The standard InChI is InChI=1S/C14H21N3O3/c1-10-9-20-11(8-18)7-17(10)14(19)12-3-2-5-16-6-4-15-13(12)16/h4,6,10-12,18H,2-3,5,7-9H2,1H3. The summed E-state index contributed by atoms with van der Waals surface area (Å²) in [5, 5.41) is 9.23. The third kappa shape index (κ3) is 2.33. The van der Waals surface area contributed by atoms with Crippen LogP contribution in [0.25, 0.3) is 0 Å². The second kappa shape index (κ2) is 5.54. The molecule has 0 bridgehead atoms. The van der Waals surface area contributed by atoms with E-state index in [1.807, 2.05) is 18.0 Å². The fourth-order valence-corrected chi connectivity index (χ4v) is 3.08. The number of fused-ring (bicyclic) bond motifs is 1. The number of ether oxygens (including phenoxy) is 1. The number of nitrogens with zero attached hydrogens (tertiary/aromatic N) is 3. The molecule has 0 spiro atoms. The van der Waals surface area contributed by atoms with E-state index < -0.39 is 0 Å². The van der Waals surface area contributed by atoms with Gasteiger partial charge in [0.05, 0.1) is 31.3 Å². The third-order valence-electron chi connectivity index (χ3n) is 4.24. The van der Waals surface area contributed by atoms with E-state index in [9.17, 15) is 9.90 Å². The first kappa shape index (κ1) is 13.6. The monoisotopic (exact) mass is 279 g/mol. The van der Waals surface area contributed by atoms with E-state index in [2.05, 4.69) is 9.55 Å². The van der Waals surface area contributed by atoms with Crippen LogP contribution < -0.4 is 0 Å². The van der Waals surface area contributed by atoms with Crippen molar-refractivity contribution in [1.82, 2.24) is 14.5 Å². The summed E-state index contributed by atoms with van der Waals surface area (Å²) in [5.74, 6) is 0.838. The minimum atomic E-state index is -0.265.